The van der Waals surface area contributed by atoms with Crippen LogP contribution in [0.15, 0.2) is 18.2 Å². The van der Waals surface area contributed by atoms with Crippen molar-refractivity contribution in [3.63, 3.8) is 0 Å². The molecular weight excluding hydrogens is 336 g/mol. The molecule has 1 amide bonds. The second kappa shape index (κ2) is 6.63. The van der Waals surface area contributed by atoms with Gasteiger partial charge >= 0.3 is 0 Å². The molecule has 1 aromatic rings. The van der Waals surface area contributed by atoms with Gasteiger partial charge in [-0.25, -0.2) is 8.42 Å². The minimum absolute atomic E-state index is 0.203. The molecule has 0 spiro atoms. The van der Waals surface area contributed by atoms with Gasteiger partial charge in [-0.05, 0) is 75.1 Å². The van der Waals surface area contributed by atoms with Crippen LogP contribution in [0, 0.1) is 25.7 Å². The predicted octanol–water partition coefficient (Wildman–Crippen LogP) is 2.76. The van der Waals surface area contributed by atoms with Crippen molar-refractivity contribution >= 4 is 21.6 Å². The minimum Gasteiger partial charge on any atom is -0.351 e. The number of carbonyl (C=O) groups excluding carboxylic acids is 1. The van der Waals surface area contributed by atoms with Gasteiger partial charge < -0.3 is 5.32 Å². The normalized spacial score (nSPS) is 26.5. The molecular formula is C19H28N2O3S. The van der Waals surface area contributed by atoms with Gasteiger partial charge in [0.05, 0.1) is 11.9 Å². The van der Waals surface area contributed by atoms with Crippen LogP contribution in [0.5, 0.6) is 0 Å². The van der Waals surface area contributed by atoms with Crippen molar-refractivity contribution in [2.75, 3.05) is 10.6 Å². The van der Waals surface area contributed by atoms with Crippen LogP contribution in [0.3, 0.4) is 0 Å². The number of carbonyl (C=O) groups is 1. The summed E-state index contributed by atoms with van der Waals surface area (Å²) in [5, 5.41) is 3.12. The number of hydrogen-bond acceptors (Lipinski definition) is 3. The Hall–Kier alpha value is -1.56. The fourth-order valence-electron chi connectivity index (χ4n) is 4.61. The molecule has 1 aromatic carbocycles. The summed E-state index contributed by atoms with van der Waals surface area (Å²) in [4.78, 5) is 12.8. The third-order valence-electron chi connectivity index (χ3n) is 5.62. The highest BCUT2D eigenvalue weighted by atomic mass is 32.2. The van der Waals surface area contributed by atoms with Crippen LogP contribution < -0.4 is 9.62 Å². The smallest absolute Gasteiger partial charge is 0.243 e. The topological polar surface area (TPSA) is 66.5 Å². The van der Waals surface area contributed by atoms with Gasteiger partial charge in [0.2, 0.25) is 15.9 Å². The third kappa shape index (κ3) is 3.84. The van der Waals surface area contributed by atoms with E-state index in [1.165, 1.54) is 23.6 Å². The maximum Gasteiger partial charge on any atom is 0.243 e. The van der Waals surface area contributed by atoms with E-state index in [9.17, 15) is 13.2 Å². The average Bonchev–Trinajstić information content (AvgIpc) is 3.07. The van der Waals surface area contributed by atoms with Gasteiger partial charge in [-0.2, -0.15) is 0 Å². The highest BCUT2D eigenvalue weighted by molar-refractivity contribution is 7.92. The molecule has 0 unspecified atom stereocenters. The van der Waals surface area contributed by atoms with Crippen LogP contribution in [-0.4, -0.2) is 32.7 Å². The Morgan fingerprint density at radius 1 is 1.16 bits per heavy atom. The Morgan fingerprint density at radius 3 is 2.28 bits per heavy atom. The first-order chi connectivity index (χ1) is 11.6. The molecule has 0 aliphatic heterocycles. The standard InChI is InChI=1S/C19H28N2O3S/c1-12-7-13(2)9-17(8-12)21(25(4,23)24)14(3)19(22)20-18-11-15-5-6-16(18)10-15/h7-9,14-16,18H,5-6,10-11H2,1-4H3,(H,20,22)/t14-,15-,16-,18-/m1/s1. The molecule has 0 radical (unpaired) electrons. The Balaban J connectivity index is 1.82. The van der Waals surface area contributed by atoms with Crippen molar-refractivity contribution in [1.29, 1.82) is 0 Å². The quantitative estimate of drug-likeness (QED) is 0.874. The molecule has 2 aliphatic rings. The van der Waals surface area contributed by atoms with Crippen LogP contribution in [0.25, 0.3) is 0 Å². The number of hydrogen-bond donors (Lipinski definition) is 1. The maximum absolute atomic E-state index is 12.8. The van der Waals surface area contributed by atoms with Gasteiger partial charge in [0, 0.05) is 6.04 Å². The van der Waals surface area contributed by atoms with Crippen LogP contribution in [0.2, 0.25) is 0 Å². The van der Waals surface area contributed by atoms with Gasteiger partial charge in [-0.15, -0.1) is 0 Å². The van der Waals surface area contributed by atoms with Crippen molar-refractivity contribution in [2.45, 2.75) is 58.5 Å². The third-order valence-corrected chi connectivity index (χ3v) is 6.86. The lowest BCUT2D eigenvalue weighted by Crippen LogP contribution is -2.51. The summed E-state index contributed by atoms with van der Waals surface area (Å²) in [6.45, 7) is 5.52. The summed E-state index contributed by atoms with van der Waals surface area (Å²) in [5.74, 6) is 1.09. The van der Waals surface area contributed by atoms with E-state index in [2.05, 4.69) is 5.32 Å². The number of fused-ring (bicyclic) bond motifs is 2. The van der Waals surface area contributed by atoms with Gasteiger partial charge in [-0.1, -0.05) is 12.5 Å². The van der Waals surface area contributed by atoms with E-state index in [0.717, 1.165) is 29.7 Å². The summed E-state index contributed by atoms with van der Waals surface area (Å²) >= 11 is 0. The number of rotatable bonds is 5. The second-order valence-corrected chi connectivity index (χ2v) is 9.73. The first-order valence-electron chi connectivity index (χ1n) is 9.03. The van der Waals surface area contributed by atoms with E-state index < -0.39 is 16.1 Å². The predicted molar refractivity (Wildman–Crippen MR) is 100 cm³/mol. The minimum atomic E-state index is -3.57. The van der Waals surface area contributed by atoms with Gasteiger partial charge in [0.25, 0.3) is 0 Å². The zero-order valence-corrected chi connectivity index (χ0v) is 16.3. The molecule has 0 heterocycles. The summed E-state index contributed by atoms with van der Waals surface area (Å²) in [7, 11) is -3.57. The van der Waals surface area contributed by atoms with Crippen LogP contribution >= 0.6 is 0 Å². The molecule has 3 rings (SSSR count). The Bertz CT molecular complexity index is 755. The molecule has 1 N–H and O–H groups in total. The number of aryl methyl sites for hydroxylation is 2. The summed E-state index contributed by atoms with van der Waals surface area (Å²) in [6.07, 6.45) is 5.84. The zero-order valence-electron chi connectivity index (χ0n) is 15.5. The van der Waals surface area contributed by atoms with E-state index in [0.29, 0.717) is 11.6 Å². The first kappa shape index (κ1) is 18.2. The molecule has 2 aliphatic carbocycles. The lowest BCUT2D eigenvalue weighted by Gasteiger charge is -2.31. The lowest BCUT2D eigenvalue weighted by atomic mass is 9.95. The first-order valence-corrected chi connectivity index (χ1v) is 10.9. The van der Waals surface area contributed by atoms with Crippen molar-refractivity contribution in [1.82, 2.24) is 5.32 Å². The number of anilines is 1. The second-order valence-electron chi connectivity index (χ2n) is 7.87. The van der Waals surface area contributed by atoms with Crippen LogP contribution in [-0.2, 0) is 14.8 Å². The Labute approximate surface area is 150 Å². The molecule has 0 saturated heterocycles. The van der Waals surface area contributed by atoms with E-state index in [-0.39, 0.29) is 11.9 Å². The molecule has 4 atom stereocenters. The van der Waals surface area contributed by atoms with E-state index >= 15 is 0 Å². The molecule has 6 heteroatoms. The Kier molecular flexibility index (Phi) is 4.84. The van der Waals surface area contributed by atoms with Crippen molar-refractivity contribution < 1.29 is 13.2 Å². The van der Waals surface area contributed by atoms with E-state index in [1.807, 2.05) is 32.0 Å². The van der Waals surface area contributed by atoms with Crippen molar-refractivity contribution in [3.05, 3.63) is 29.3 Å². The summed E-state index contributed by atoms with van der Waals surface area (Å²) < 4.78 is 26.1. The number of nitrogens with one attached hydrogen (secondary N) is 1. The molecule has 5 nitrogen and oxygen atoms in total. The van der Waals surface area contributed by atoms with Gasteiger partial charge in [0.1, 0.15) is 6.04 Å². The van der Waals surface area contributed by atoms with E-state index in [4.69, 9.17) is 0 Å². The van der Waals surface area contributed by atoms with Crippen LogP contribution in [0.1, 0.15) is 43.7 Å². The number of amides is 1. The lowest BCUT2D eigenvalue weighted by molar-refractivity contribution is -0.122. The monoisotopic (exact) mass is 364 g/mol. The SMILES string of the molecule is Cc1cc(C)cc(N([C@H](C)C(=O)N[C@@H]2C[C@@H]3CC[C@@H]2C3)S(C)(=O)=O)c1. The highest BCUT2D eigenvalue weighted by Crippen LogP contribution is 2.44. The molecule has 0 aromatic heterocycles. The number of sulfonamides is 1. The summed E-state index contributed by atoms with van der Waals surface area (Å²) in [6, 6.07) is 5.05. The Morgan fingerprint density at radius 2 is 1.80 bits per heavy atom. The average molecular weight is 365 g/mol. The zero-order chi connectivity index (χ0) is 18.4. The van der Waals surface area contributed by atoms with Crippen molar-refractivity contribution in [3.8, 4) is 0 Å². The fraction of sp³-hybridized carbons (Fsp3) is 0.632. The highest BCUT2D eigenvalue weighted by Gasteiger charge is 2.41. The number of benzene rings is 1. The molecule has 138 valence electrons. The molecule has 2 saturated carbocycles. The molecule has 25 heavy (non-hydrogen) atoms. The molecule has 2 fully saturated rings. The maximum atomic E-state index is 12.8. The van der Waals surface area contributed by atoms with E-state index in [1.54, 1.807) is 6.92 Å². The van der Waals surface area contributed by atoms with Gasteiger partial charge in [-0.3, -0.25) is 9.10 Å². The summed E-state index contributed by atoms with van der Waals surface area (Å²) in [5.41, 5.74) is 2.50. The van der Waals surface area contributed by atoms with Crippen LogP contribution in [0.4, 0.5) is 5.69 Å². The van der Waals surface area contributed by atoms with Crippen molar-refractivity contribution in [2.24, 2.45) is 11.8 Å². The van der Waals surface area contributed by atoms with Gasteiger partial charge in [0.15, 0.2) is 0 Å². The number of nitrogens with zero attached hydrogens (tertiary/aromatic N) is 1. The largest absolute Gasteiger partial charge is 0.351 e. The molecule has 2 bridgehead atoms. The fourth-order valence-corrected chi connectivity index (χ4v) is 5.77.